The molecule has 5 nitrogen and oxygen atoms in total. The van der Waals surface area contributed by atoms with Crippen molar-refractivity contribution in [2.75, 3.05) is 31.1 Å². The minimum absolute atomic E-state index is 0.139. The average Bonchev–Trinajstić information content (AvgIpc) is 2.61. The predicted octanol–water partition coefficient (Wildman–Crippen LogP) is 1.94. The highest BCUT2D eigenvalue weighted by molar-refractivity contribution is 7.89. The van der Waals surface area contributed by atoms with Gasteiger partial charge in [0.15, 0.2) is 0 Å². The van der Waals surface area contributed by atoms with Gasteiger partial charge in [-0.2, -0.15) is 0 Å². The number of nitrogens with zero attached hydrogens (tertiary/aromatic N) is 1. The molecule has 1 aliphatic rings. The maximum Gasteiger partial charge on any atom is 0.240 e. The lowest BCUT2D eigenvalue weighted by Gasteiger charge is -2.35. The fourth-order valence-corrected chi connectivity index (χ4v) is 4.25. The third-order valence-corrected chi connectivity index (χ3v) is 6.06. The molecule has 1 unspecified atom stereocenters. The van der Waals surface area contributed by atoms with Gasteiger partial charge in [-0.1, -0.05) is 35.9 Å². The number of hydrogen-bond donors (Lipinski definition) is 2. The Morgan fingerprint density at radius 3 is 2.60 bits per heavy atom. The number of para-hydroxylation sites is 1. The van der Waals surface area contributed by atoms with Crippen molar-refractivity contribution in [2.45, 2.75) is 18.2 Å². The van der Waals surface area contributed by atoms with Gasteiger partial charge in [-0.3, -0.25) is 0 Å². The first-order valence-corrected chi connectivity index (χ1v) is 9.98. The molecular weight excluding hydrogens is 336 g/mol. The van der Waals surface area contributed by atoms with Gasteiger partial charge in [-0.15, -0.1) is 0 Å². The van der Waals surface area contributed by atoms with E-state index in [1.54, 1.807) is 24.3 Å². The summed E-state index contributed by atoms with van der Waals surface area (Å²) in [5.74, 6) is 0.184. The molecule has 1 heterocycles. The Morgan fingerprint density at radius 2 is 1.88 bits per heavy atom. The van der Waals surface area contributed by atoms with Crippen molar-refractivity contribution >= 4 is 15.7 Å². The second-order valence-corrected chi connectivity index (χ2v) is 8.31. The highest BCUT2D eigenvalue weighted by atomic mass is 32.2. The SMILES string of the molecule is Cc1ccc(S(=O)(=O)NCCN2CC(CO)Cc3ccccc32)cc1. The maximum absolute atomic E-state index is 12.4. The molecule has 3 rings (SSSR count). The van der Waals surface area contributed by atoms with Crippen molar-refractivity contribution in [3.8, 4) is 0 Å². The van der Waals surface area contributed by atoms with E-state index in [4.69, 9.17) is 0 Å². The van der Waals surface area contributed by atoms with E-state index in [0.29, 0.717) is 13.1 Å². The van der Waals surface area contributed by atoms with Crippen LogP contribution in [-0.4, -0.2) is 39.8 Å². The minimum Gasteiger partial charge on any atom is -0.396 e. The summed E-state index contributed by atoms with van der Waals surface area (Å²) in [7, 11) is -3.50. The number of fused-ring (bicyclic) bond motifs is 1. The van der Waals surface area contributed by atoms with Gasteiger partial charge >= 0.3 is 0 Å². The molecule has 0 spiro atoms. The van der Waals surface area contributed by atoms with Crippen LogP contribution in [0, 0.1) is 12.8 Å². The number of aliphatic hydroxyl groups excluding tert-OH is 1. The maximum atomic E-state index is 12.4. The van der Waals surface area contributed by atoms with Crippen molar-refractivity contribution in [3.05, 3.63) is 59.7 Å². The van der Waals surface area contributed by atoms with Crippen LogP contribution < -0.4 is 9.62 Å². The lowest BCUT2D eigenvalue weighted by atomic mass is 9.93. The second-order valence-electron chi connectivity index (χ2n) is 6.54. The molecule has 1 aliphatic heterocycles. The van der Waals surface area contributed by atoms with Crippen molar-refractivity contribution < 1.29 is 13.5 Å². The van der Waals surface area contributed by atoms with Crippen molar-refractivity contribution in [3.63, 3.8) is 0 Å². The zero-order valence-corrected chi connectivity index (χ0v) is 15.2. The number of rotatable bonds is 6. The van der Waals surface area contributed by atoms with E-state index in [9.17, 15) is 13.5 Å². The fraction of sp³-hybridized carbons (Fsp3) is 0.368. The summed E-state index contributed by atoms with van der Waals surface area (Å²) in [5.41, 5.74) is 3.36. The Hall–Kier alpha value is -1.89. The highest BCUT2D eigenvalue weighted by Gasteiger charge is 2.24. The van der Waals surface area contributed by atoms with Gasteiger partial charge in [-0.25, -0.2) is 13.1 Å². The molecule has 0 fully saturated rings. The summed E-state index contributed by atoms with van der Waals surface area (Å²) >= 11 is 0. The third kappa shape index (κ3) is 4.21. The van der Waals surface area contributed by atoms with Crippen LogP contribution in [-0.2, 0) is 16.4 Å². The zero-order chi connectivity index (χ0) is 17.9. The van der Waals surface area contributed by atoms with Gasteiger partial charge < -0.3 is 10.0 Å². The van der Waals surface area contributed by atoms with Crippen LogP contribution in [0.3, 0.4) is 0 Å². The third-order valence-electron chi connectivity index (χ3n) is 4.58. The van der Waals surface area contributed by atoms with Gasteiger partial charge in [0.1, 0.15) is 0 Å². The Kier molecular flexibility index (Phi) is 5.42. The van der Waals surface area contributed by atoms with Crippen LogP contribution in [0.4, 0.5) is 5.69 Å². The average molecular weight is 360 g/mol. The molecule has 1 atom stereocenters. The predicted molar refractivity (Wildman–Crippen MR) is 99.3 cm³/mol. The molecule has 0 saturated heterocycles. The van der Waals surface area contributed by atoms with E-state index in [-0.39, 0.29) is 17.4 Å². The van der Waals surface area contributed by atoms with E-state index < -0.39 is 10.0 Å². The molecule has 6 heteroatoms. The van der Waals surface area contributed by atoms with Gasteiger partial charge in [0.2, 0.25) is 10.0 Å². The Balaban J connectivity index is 1.66. The molecule has 134 valence electrons. The van der Waals surface area contributed by atoms with Crippen LogP contribution in [0.15, 0.2) is 53.4 Å². The van der Waals surface area contributed by atoms with E-state index in [2.05, 4.69) is 21.8 Å². The minimum atomic E-state index is -3.50. The largest absolute Gasteiger partial charge is 0.396 e. The molecule has 25 heavy (non-hydrogen) atoms. The van der Waals surface area contributed by atoms with Gasteiger partial charge in [-0.05, 0) is 37.1 Å². The molecule has 2 N–H and O–H groups in total. The molecule has 2 aromatic carbocycles. The molecular formula is C19H24N2O3S. The van der Waals surface area contributed by atoms with E-state index >= 15 is 0 Å². The van der Waals surface area contributed by atoms with Crippen LogP contribution in [0.25, 0.3) is 0 Å². The molecule has 0 amide bonds. The van der Waals surface area contributed by atoms with E-state index in [1.807, 2.05) is 19.1 Å². The molecule has 0 aromatic heterocycles. The first-order chi connectivity index (χ1) is 12.0. The zero-order valence-electron chi connectivity index (χ0n) is 14.4. The summed E-state index contributed by atoms with van der Waals surface area (Å²) in [6.07, 6.45) is 0.859. The summed E-state index contributed by atoms with van der Waals surface area (Å²) < 4.78 is 27.4. The standard InChI is InChI=1S/C19H24N2O3S/c1-15-6-8-18(9-7-15)25(23,24)20-10-11-21-13-16(14-22)12-17-4-2-3-5-19(17)21/h2-9,16,20,22H,10-14H2,1H3. The number of benzene rings is 2. The molecule has 0 saturated carbocycles. The first-order valence-electron chi connectivity index (χ1n) is 8.49. The van der Waals surface area contributed by atoms with Crippen LogP contribution in [0.2, 0.25) is 0 Å². The lowest BCUT2D eigenvalue weighted by molar-refractivity contribution is 0.224. The first kappa shape index (κ1) is 17.9. The molecule has 0 radical (unpaired) electrons. The smallest absolute Gasteiger partial charge is 0.240 e. The van der Waals surface area contributed by atoms with Crippen LogP contribution in [0.5, 0.6) is 0 Å². The monoisotopic (exact) mass is 360 g/mol. The summed E-state index contributed by atoms with van der Waals surface area (Å²) in [6.45, 7) is 3.69. The molecule has 2 aromatic rings. The number of anilines is 1. The van der Waals surface area contributed by atoms with Crippen molar-refractivity contribution in [1.29, 1.82) is 0 Å². The number of nitrogens with one attached hydrogen (secondary N) is 1. The Bertz CT molecular complexity index is 819. The summed E-state index contributed by atoms with van der Waals surface area (Å²) in [5, 5.41) is 9.52. The van der Waals surface area contributed by atoms with E-state index in [0.717, 1.165) is 24.2 Å². The fourth-order valence-electron chi connectivity index (χ4n) is 3.23. The van der Waals surface area contributed by atoms with E-state index in [1.165, 1.54) is 5.56 Å². The van der Waals surface area contributed by atoms with Crippen molar-refractivity contribution in [1.82, 2.24) is 4.72 Å². The number of hydrogen-bond acceptors (Lipinski definition) is 4. The Morgan fingerprint density at radius 1 is 1.16 bits per heavy atom. The Labute approximate surface area is 149 Å². The summed E-state index contributed by atoms with van der Waals surface area (Å²) in [6, 6.07) is 14.9. The highest BCUT2D eigenvalue weighted by Crippen LogP contribution is 2.29. The quantitative estimate of drug-likeness (QED) is 0.826. The topological polar surface area (TPSA) is 69.6 Å². The second kappa shape index (κ2) is 7.56. The summed E-state index contributed by atoms with van der Waals surface area (Å²) in [4.78, 5) is 2.43. The van der Waals surface area contributed by atoms with Gasteiger partial charge in [0.25, 0.3) is 0 Å². The lowest BCUT2D eigenvalue weighted by Crippen LogP contribution is -2.41. The van der Waals surface area contributed by atoms with Gasteiger partial charge in [0, 0.05) is 37.8 Å². The van der Waals surface area contributed by atoms with Gasteiger partial charge in [0.05, 0.1) is 4.90 Å². The van der Waals surface area contributed by atoms with Crippen LogP contribution >= 0.6 is 0 Å². The number of aliphatic hydroxyl groups is 1. The molecule has 0 aliphatic carbocycles. The van der Waals surface area contributed by atoms with Crippen molar-refractivity contribution in [2.24, 2.45) is 5.92 Å². The molecule has 0 bridgehead atoms. The number of aryl methyl sites for hydroxylation is 1. The normalized spacial score (nSPS) is 17.4. The number of sulfonamides is 1. The van der Waals surface area contributed by atoms with Crippen LogP contribution in [0.1, 0.15) is 11.1 Å².